The number of Topliss-reactive ketones (excluding diaryl/α,β-unsaturated/α-hetero) is 1. The summed E-state index contributed by atoms with van der Waals surface area (Å²) in [4.78, 5) is 24.8. The Bertz CT molecular complexity index is 540. The van der Waals surface area contributed by atoms with Crippen molar-refractivity contribution in [1.82, 2.24) is 0 Å². The van der Waals surface area contributed by atoms with Crippen LogP contribution >= 0.6 is 0 Å². The van der Waals surface area contributed by atoms with Gasteiger partial charge in [0.15, 0.2) is 0 Å². The zero-order valence-electron chi connectivity index (χ0n) is 12.2. The number of esters is 1. The largest absolute Gasteiger partial charge is 0.468 e. The third-order valence-corrected chi connectivity index (χ3v) is 5.51. The molecule has 0 aromatic heterocycles. The Labute approximate surface area is 127 Å². The molecule has 0 spiro atoms. The molecule has 21 heavy (non-hydrogen) atoms. The van der Waals surface area contributed by atoms with E-state index in [1.165, 1.54) is 7.11 Å². The maximum absolute atomic E-state index is 12.2. The van der Waals surface area contributed by atoms with Crippen LogP contribution < -0.4 is 0 Å². The van der Waals surface area contributed by atoms with Gasteiger partial charge in [-0.15, -0.1) is 0 Å². The Morgan fingerprint density at radius 3 is 2.62 bits per heavy atom. The van der Waals surface area contributed by atoms with E-state index in [0.717, 1.165) is 11.3 Å². The molecular weight excluding hydrogens is 288 g/mol. The number of rotatable bonds is 6. The number of methoxy groups -OCH3 is 1. The Morgan fingerprint density at radius 1 is 1.33 bits per heavy atom. The lowest BCUT2D eigenvalue weighted by Crippen LogP contribution is -2.36. The molecule has 0 aliphatic heterocycles. The maximum Gasteiger partial charge on any atom is 0.319 e. The van der Waals surface area contributed by atoms with Crippen LogP contribution in [0.25, 0.3) is 0 Å². The van der Waals surface area contributed by atoms with E-state index in [1.54, 1.807) is 0 Å². The monoisotopic (exact) mass is 308 g/mol. The number of ether oxygens (including phenoxy) is 1. The van der Waals surface area contributed by atoms with Crippen molar-refractivity contribution in [3.63, 3.8) is 0 Å². The predicted octanol–water partition coefficient (Wildman–Crippen LogP) is 2.49. The molecule has 1 aromatic rings. The zero-order chi connectivity index (χ0) is 15.3. The first kappa shape index (κ1) is 15.9. The summed E-state index contributed by atoms with van der Waals surface area (Å²) in [5, 5.41) is 0. The smallest absolute Gasteiger partial charge is 0.319 e. The van der Waals surface area contributed by atoms with E-state index in [2.05, 4.69) is 0 Å². The Hall–Kier alpha value is -1.49. The SMILES string of the molecule is COC(=O)C1(CCCS(=O)c2ccccc2)CCCC1=O. The molecule has 0 amide bonds. The van der Waals surface area contributed by atoms with Crippen molar-refractivity contribution in [1.29, 1.82) is 0 Å². The fraction of sp³-hybridized carbons (Fsp3) is 0.500. The third kappa shape index (κ3) is 3.40. The Balaban J connectivity index is 1.96. The van der Waals surface area contributed by atoms with Crippen molar-refractivity contribution in [2.24, 2.45) is 5.41 Å². The molecule has 0 N–H and O–H groups in total. The second-order valence-electron chi connectivity index (χ2n) is 5.32. The van der Waals surface area contributed by atoms with Gasteiger partial charge in [0.05, 0.1) is 17.9 Å². The van der Waals surface area contributed by atoms with E-state index < -0.39 is 22.2 Å². The van der Waals surface area contributed by atoms with Gasteiger partial charge >= 0.3 is 5.97 Å². The van der Waals surface area contributed by atoms with Gasteiger partial charge < -0.3 is 4.74 Å². The van der Waals surface area contributed by atoms with Gasteiger partial charge in [-0.25, -0.2) is 0 Å². The lowest BCUT2D eigenvalue weighted by molar-refractivity contribution is -0.157. The van der Waals surface area contributed by atoms with Crippen LogP contribution in [0.3, 0.4) is 0 Å². The molecule has 1 aliphatic carbocycles. The molecule has 4 nitrogen and oxygen atoms in total. The molecule has 1 fully saturated rings. The molecule has 2 atom stereocenters. The van der Waals surface area contributed by atoms with Crippen molar-refractivity contribution in [3.8, 4) is 0 Å². The van der Waals surface area contributed by atoms with Gasteiger partial charge in [-0.1, -0.05) is 18.2 Å². The van der Waals surface area contributed by atoms with Crippen molar-refractivity contribution in [3.05, 3.63) is 30.3 Å². The highest BCUT2D eigenvalue weighted by molar-refractivity contribution is 7.85. The first-order valence-electron chi connectivity index (χ1n) is 7.15. The minimum absolute atomic E-state index is 0.0279. The molecule has 1 aromatic carbocycles. The predicted molar refractivity (Wildman–Crippen MR) is 80.3 cm³/mol. The molecule has 0 saturated heterocycles. The molecular formula is C16H20O4S. The minimum atomic E-state index is -1.09. The fourth-order valence-electron chi connectivity index (χ4n) is 2.90. The molecule has 1 aliphatic rings. The quantitative estimate of drug-likeness (QED) is 0.598. The van der Waals surface area contributed by atoms with E-state index in [4.69, 9.17) is 4.74 Å². The average Bonchev–Trinajstić information content (AvgIpc) is 2.89. The van der Waals surface area contributed by atoms with Crippen LogP contribution in [0, 0.1) is 5.41 Å². The van der Waals surface area contributed by atoms with Gasteiger partial charge in [-0.2, -0.15) is 0 Å². The number of carbonyl (C=O) groups excluding carboxylic acids is 2. The van der Waals surface area contributed by atoms with E-state index in [1.807, 2.05) is 30.3 Å². The van der Waals surface area contributed by atoms with Gasteiger partial charge in [-0.05, 0) is 37.8 Å². The fourth-order valence-corrected chi connectivity index (χ4v) is 4.01. The normalized spacial score (nSPS) is 23.0. The number of hydrogen-bond acceptors (Lipinski definition) is 4. The highest BCUT2D eigenvalue weighted by atomic mass is 32.2. The molecule has 2 unspecified atom stereocenters. The first-order chi connectivity index (χ1) is 10.1. The molecule has 0 heterocycles. The highest BCUT2D eigenvalue weighted by Gasteiger charge is 2.48. The first-order valence-corrected chi connectivity index (χ1v) is 8.47. The Kier molecular flexibility index (Phi) is 5.28. The van der Waals surface area contributed by atoms with E-state index in [0.29, 0.717) is 31.4 Å². The molecule has 2 rings (SSSR count). The van der Waals surface area contributed by atoms with Crippen LogP contribution in [0.5, 0.6) is 0 Å². The van der Waals surface area contributed by atoms with Crippen LogP contribution in [0.15, 0.2) is 35.2 Å². The molecule has 1 saturated carbocycles. The Morgan fingerprint density at radius 2 is 2.05 bits per heavy atom. The topological polar surface area (TPSA) is 60.4 Å². The summed E-state index contributed by atoms with van der Waals surface area (Å²) in [7, 11) is 0.226. The highest BCUT2D eigenvalue weighted by Crippen LogP contribution is 2.40. The van der Waals surface area contributed by atoms with Gasteiger partial charge in [0.2, 0.25) is 0 Å². The van der Waals surface area contributed by atoms with E-state index in [9.17, 15) is 13.8 Å². The standard InChI is InChI=1S/C16H20O4S/c1-20-15(18)16(10-5-9-14(16)17)11-6-12-21(19)13-7-3-2-4-8-13/h2-4,7-8H,5-6,9-12H2,1H3. The average molecular weight is 308 g/mol. The van der Waals surface area contributed by atoms with Crippen molar-refractivity contribution >= 4 is 22.6 Å². The zero-order valence-corrected chi connectivity index (χ0v) is 13.0. The maximum atomic E-state index is 12.2. The second-order valence-corrected chi connectivity index (χ2v) is 6.89. The number of hydrogen-bond donors (Lipinski definition) is 0. The van der Waals surface area contributed by atoms with Gasteiger partial charge in [0.25, 0.3) is 0 Å². The lowest BCUT2D eigenvalue weighted by atomic mass is 9.81. The van der Waals surface area contributed by atoms with E-state index >= 15 is 0 Å². The van der Waals surface area contributed by atoms with E-state index in [-0.39, 0.29) is 5.78 Å². The van der Waals surface area contributed by atoms with Crippen LogP contribution in [-0.4, -0.2) is 28.8 Å². The molecule has 0 radical (unpaired) electrons. The van der Waals surface area contributed by atoms with Crippen LogP contribution in [0.1, 0.15) is 32.1 Å². The number of carbonyl (C=O) groups is 2. The summed E-state index contributed by atoms with van der Waals surface area (Å²) < 4.78 is 17.0. The van der Waals surface area contributed by atoms with Crippen molar-refractivity contribution in [2.45, 2.75) is 37.0 Å². The van der Waals surface area contributed by atoms with Crippen LogP contribution in [0.2, 0.25) is 0 Å². The summed E-state index contributed by atoms with van der Waals surface area (Å²) >= 11 is 0. The van der Waals surface area contributed by atoms with Crippen molar-refractivity contribution in [2.75, 3.05) is 12.9 Å². The van der Waals surface area contributed by atoms with Crippen LogP contribution in [-0.2, 0) is 25.1 Å². The second kappa shape index (κ2) is 6.98. The summed E-state index contributed by atoms with van der Waals surface area (Å²) in [6, 6.07) is 9.23. The number of benzene rings is 1. The van der Waals surface area contributed by atoms with Gasteiger partial charge in [-0.3, -0.25) is 13.8 Å². The number of ketones is 1. The lowest BCUT2D eigenvalue weighted by Gasteiger charge is -2.23. The van der Waals surface area contributed by atoms with Crippen LogP contribution in [0.4, 0.5) is 0 Å². The summed E-state index contributed by atoms with van der Waals surface area (Å²) in [6.45, 7) is 0. The summed E-state index contributed by atoms with van der Waals surface area (Å²) in [5.74, 6) is -0.00825. The minimum Gasteiger partial charge on any atom is -0.468 e. The molecule has 114 valence electrons. The molecule has 0 bridgehead atoms. The third-order valence-electron chi connectivity index (χ3n) is 4.06. The summed E-state index contributed by atoms with van der Waals surface area (Å²) in [6.07, 6.45) is 2.72. The molecule has 5 heteroatoms. The van der Waals surface area contributed by atoms with Gasteiger partial charge in [0, 0.05) is 17.1 Å². The van der Waals surface area contributed by atoms with Gasteiger partial charge in [0.1, 0.15) is 11.2 Å². The van der Waals surface area contributed by atoms with Crippen molar-refractivity contribution < 1.29 is 18.5 Å². The summed E-state index contributed by atoms with van der Waals surface area (Å²) in [5.41, 5.74) is -0.990.